The normalized spacial score (nSPS) is 13.4. The molecule has 0 N–H and O–H groups in total. The second-order valence-electron chi connectivity index (χ2n) is 3.91. The molecule has 17 heavy (non-hydrogen) atoms. The number of benzene rings is 1. The van der Waals surface area contributed by atoms with Crippen LogP contribution in [0.5, 0.6) is 0 Å². The fourth-order valence-corrected chi connectivity index (χ4v) is 3.16. The van der Waals surface area contributed by atoms with Gasteiger partial charge in [0, 0.05) is 6.42 Å². The van der Waals surface area contributed by atoms with E-state index in [9.17, 15) is 13.2 Å². The fraction of sp³-hybridized carbons (Fsp3) is 0.417. The van der Waals surface area contributed by atoms with Crippen molar-refractivity contribution in [3.05, 3.63) is 29.8 Å². The van der Waals surface area contributed by atoms with Gasteiger partial charge in [-0.15, -0.1) is 0 Å². The van der Waals surface area contributed by atoms with Gasteiger partial charge in [0.25, 0.3) is 0 Å². The summed E-state index contributed by atoms with van der Waals surface area (Å²) in [7, 11) is -3.46. The highest BCUT2D eigenvalue weighted by Gasteiger charge is 2.24. The molecule has 0 aliphatic rings. The minimum atomic E-state index is -3.46. The topological polar surface area (TPSA) is 51.2 Å². The fourth-order valence-electron chi connectivity index (χ4n) is 1.48. The van der Waals surface area contributed by atoms with E-state index in [1.54, 1.807) is 24.3 Å². The first-order valence-electron chi connectivity index (χ1n) is 5.39. The van der Waals surface area contributed by atoms with E-state index >= 15 is 0 Å². The largest absolute Gasteiger partial charge is 0.281 e. The number of sulfone groups is 1. The second-order valence-corrected chi connectivity index (χ2v) is 6.70. The van der Waals surface area contributed by atoms with Crippen LogP contribution in [-0.4, -0.2) is 18.9 Å². The van der Waals surface area contributed by atoms with Gasteiger partial charge < -0.3 is 0 Å². The standard InChI is InChI=1S/C12H15ClO3S/c1-3-10-4-6-11(7-5-10)17(15,16)9(2)8-12(13)14/h4-7,9H,3,8H2,1-2H3. The molecular formula is C12H15ClO3S. The molecule has 0 aliphatic carbocycles. The van der Waals surface area contributed by atoms with Crippen LogP contribution < -0.4 is 0 Å². The molecule has 0 radical (unpaired) electrons. The van der Waals surface area contributed by atoms with E-state index in [4.69, 9.17) is 11.6 Å². The van der Waals surface area contributed by atoms with Crippen molar-refractivity contribution in [2.24, 2.45) is 0 Å². The molecule has 0 aliphatic heterocycles. The number of carbonyl (C=O) groups excluding carboxylic acids is 1. The van der Waals surface area contributed by atoms with Crippen LogP contribution in [0.2, 0.25) is 0 Å². The number of hydrogen-bond donors (Lipinski definition) is 0. The number of halogens is 1. The Bertz CT molecular complexity index is 491. The maximum absolute atomic E-state index is 12.1. The Hall–Kier alpha value is -0.870. The third-order valence-corrected chi connectivity index (χ3v) is 4.95. The van der Waals surface area contributed by atoms with E-state index < -0.39 is 20.3 Å². The van der Waals surface area contributed by atoms with Gasteiger partial charge in [0.15, 0.2) is 9.84 Å². The maximum atomic E-state index is 12.1. The highest BCUT2D eigenvalue weighted by molar-refractivity contribution is 7.92. The summed E-state index contributed by atoms with van der Waals surface area (Å²) >= 11 is 5.21. The predicted octanol–water partition coefficient (Wildman–Crippen LogP) is 2.57. The molecule has 0 amide bonds. The molecule has 1 rings (SSSR count). The zero-order valence-electron chi connectivity index (χ0n) is 9.81. The summed E-state index contributed by atoms with van der Waals surface area (Å²) < 4.78 is 24.1. The van der Waals surface area contributed by atoms with E-state index in [1.165, 1.54) is 6.92 Å². The van der Waals surface area contributed by atoms with Gasteiger partial charge in [-0.25, -0.2) is 8.42 Å². The summed E-state index contributed by atoms with van der Waals surface area (Å²) in [5.74, 6) is 0. The number of aryl methyl sites for hydroxylation is 1. The SMILES string of the molecule is CCc1ccc(S(=O)(=O)C(C)CC(=O)Cl)cc1. The van der Waals surface area contributed by atoms with Crippen molar-refractivity contribution in [3.63, 3.8) is 0 Å². The lowest BCUT2D eigenvalue weighted by molar-refractivity contribution is -0.111. The summed E-state index contributed by atoms with van der Waals surface area (Å²) in [6.07, 6.45) is 0.690. The lowest BCUT2D eigenvalue weighted by atomic mass is 10.2. The molecule has 1 aromatic carbocycles. The highest BCUT2D eigenvalue weighted by Crippen LogP contribution is 2.19. The first-order chi connectivity index (χ1) is 7.87. The number of rotatable bonds is 5. The van der Waals surface area contributed by atoms with Crippen LogP contribution in [0.3, 0.4) is 0 Å². The van der Waals surface area contributed by atoms with Crippen molar-refractivity contribution in [1.29, 1.82) is 0 Å². The van der Waals surface area contributed by atoms with Gasteiger partial charge in [-0.05, 0) is 42.6 Å². The molecule has 0 bridgehead atoms. The Morgan fingerprint density at radius 2 is 1.82 bits per heavy atom. The Morgan fingerprint density at radius 3 is 2.24 bits per heavy atom. The van der Waals surface area contributed by atoms with Crippen LogP contribution in [0.25, 0.3) is 0 Å². The van der Waals surface area contributed by atoms with Gasteiger partial charge in [0.1, 0.15) is 0 Å². The van der Waals surface area contributed by atoms with Crippen LogP contribution in [0.4, 0.5) is 0 Å². The summed E-state index contributed by atoms with van der Waals surface area (Å²) in [6, 6.07) is 6.71. The summed E-state index contributed by atoms with van der Waals surface area (Å²) in [5.41, 5.74) is 1.07. The van der Waals surface area contributed by atoms with Crippen molar-refractivity contribution in [3.8, 4) is 0 Å². The van der Waals surface area contributed by atoms with Gasteiger partial charge in [0.05, 0.1) is 10.1 Å². The van der Waals surface area contributed by atoms with Gasteiger partial charge in [-0.2, -0.15) is 0 Å². The molecule has 1 aromatic rings. The van der Waals surface area contributed by atoms with Gasteiger partial charge in [-0.3, -0.25) is 4.79 Å². The van der Waals surface area contributed by atoms with E-state index in [0.29, 0.717) is 0 Å². The molecular weight excluding hydrogens is 260 g/mol. The quantitative estimate of drug-likeness (QED) is 0.776. The summed E-state index contributed by atoms with van der Waals surface area (Å²) in [4.78, 5) is 11.0. The zero-order valence-corrected chi connectivity index (χ0v) is 11.4. The van der Waals surface area contributed by atoms with Crippen molar-refractivity contribution < 1.29 is 13.2 Å². The first kappa shape index (κ1) is 14.2. The highest BCUT2D eigenvalue weighted by atomic mass is 35.5. The van der Waals surface area contributed by atoms with Crippen LogP contribution in [0.1, 0.15) is 25.8 Å². The molecule has 0 saturated carbocycles. The Morgan fingerprint density at radius 1 is 1.29 bits per heavy atom. The van der Waals surface area contributed by atoms with Gasteiger partial charge in [-0.1, -0.05) is 19.1 Å². The van der Waals surface area contributed by atoms with E-state index in [2.05, 4.69) is 0 Å². The average Bonchev–Trinajstić information content (AvgIpc) is 2.28. The molecule has 0 heterocycles. The van der Waals surface area contributed by atoms with Crippen molar-refractivity contribution in [1.82, 2.24) is 0 Å². The van der Waals surface area contributed by atoms with Crippen molar-refractivity contribution >= 4 is 26.7 Å². The van der Waals surface area contributed by atoms with Gasteiger partial charge >= 0.3 is 0 Å². The molecule has 1 unspecified atom stereocenters. The van der Waals surface area contributed by atoms with Crippen LogP contribution in [-0.2, 0) is 21.1 Å². The summed E-state index contributed by atoms with van der Waals surface area (Å²) in [5, 5.41) is -1.42. The average molecular weight is 275 g/mol. The van der Waals surface area contributed by atoms with Crippen molar-refractivity contribution in [2.75, 3.05) is 0 Å². The minimum Gasteiger partial charge on any atom is -0.281 e. The molecule has 1 atom stereocenters. The minimum absolute atomic E-state index is 0.167. The lowest BCUT2D eigenvalue weighted by Gasteiger charge is -2.11. The summed E-state index contributed by atoms with van der Waals surface area (Å²) in [6.45, 7) is 3.49. The molecule has 0 spiro atoms. The molecule has 3 nitrogen and oxygen atoms in total. The zero-order chi connectivity index (χ0) is 13.1. The monoisotopic (exact) mass is 274 g/mol. The van der Waals surface area contributed by atoms with Gasteiger partial charge in [0.2, 0.25) is 5.24 Å². The third kappa shape index (κ3) is 3.54. The molecule has 0 fully saturated rings. The molecule has 94 valence electrons. The number of carbonyl (C=O) groups is 1. The first-order valence-corrected chi connectivity index (χ1v) is 7.31. The molecule has 0 saturated heterocycles. The van der Waals surface area contributed by atoms with Crippen molar-refractivity contribution in [2.45, 2.75) is 36.8 Å². The Kier molecular flexibility index (Phi) is 4.71. The third-order valence-electron chi connectivity index (χ3n) is 2.64. The van der Waals surface area contributed by atoms with Crippen LogP contribution >= 0.6 is 11.6 Å². The number of hydrogen-bond acceptors (Lipinski definition) is 3. The van der Waals surface area contributed by atoms with Crippen LogP contribution in [0.15, 0.2) is 29.2 Å². The molecule has 5 heteroatoms. The Labute approximate surface area is 107 Å². The second kappa shape index (κ2) is 5.65. The predicted molar refractivity (Wildman–Crippen MR) is 67.9 cm³/mol. The lowest BCUT2D eigenvalue weighted by Crippen LogP contribution is -2.20. The maximum Gasteiger partial charge on any atom is 0.222 e. The Balaban J connectivity index is 3.00. The van der Waals surface area contributed by atoms with E-state index in [0.717, 1.165) is 12.0 Å². The smallest absolute Gasteiger partial charge is 0.222 e. The van der Waals surface area contributed by atoms with E-state index in [1.807, 2.05) is 6.92 Å². The van der Waals surface area contributed by atoms with Crippen LogP contribution in [0, 0.1) is 0 Å². The van der Waals surface area contributed by atoms with E-state index in [-0.39, 0.29) is 11.3 Å². The molecule has 0 aromatic heterocycles.